The topological polar surface area (TPSA) is 61.2 Å². The highest BCUT2D eigenvalue weighted by molar-refractivity contribution is 7.99. The SMILES string of the molecule is C=CCn1c(SCCCC(=O)OCC)nc2sc(C)c(C)c2c1=O. The molecule has 0 N–H and O–H groups in total. The number of aromatic nitrogens is 2. The number of aryl methyl sites for hydroxylation is 2. The summed E-state index contributed by atoms with van der Waals surface area (Å²) in [6.45, 7) is 10.3. The number of esters is 1. The highest BCUT2D eigenvalue weighted by atomic mass is 32.2. The summed E-state index contributed by atoms with van der Waals surface area (Å²) in [5, 5.41) is 1.38. The Morgan fingerprint density at radius 1 is 1.46 bits per heavy atom. The van der Waals surface area contributed by atoms with Crippen molar-refractivity contribution in [2.75, 3.05) is 12.4 Å². The van der Waals surface area contributed by atoms with Crippen molar-refractivity contribution in [3.8, 4) is 0 Å². The molecule has 7 heteroatoms. The normalized spacial score (nSPS) is 11.0. The van der Waals surface area contributed by atoms with Crippen molar-refractivity contribution in [1.82, 2.24) is 9.55 Å². The number of carbonyl (C=O) groups excluding carboxylic acids is 1. The number of nitrogens with zero attached hydrogens (tertiary/aromatic N) is 2. The van der Waals surface area contributed by atoms with Gasteiger partial charge in [0.25, 0.3) is 5.56 Å². The highest BCUT2D eigenvalue weighted by Crippen LogP contribution is 2.28. The van der Waals surface area contributed by atoms with Crippen LogP contribution in [0.2, 0.25) is 0 Å². The van der Waals surface area contributed by atoms with E-state index >= 15 is 0 Å². The number of fused-ring (bicyclic) bond motifs is 1. The number of hydrogen-bond acceptors (Lipinski definition) is 6. The van der Waals surface area contributed by atoms with E-state index in [1.165, 1.54) is 11.8 Å². The zero-order valence-electron chi connectivity index (χ0n) is 14.3. The smallest absolute Gasteiger partial charge is 0.305 e. The molecular formula is C17H22N2O3S2. The Hall–Kier alpha value is -1.60. The second kappa shape index (κ2) is 8.48. The lowest BCUT2D eigenvalue weighted by Crippen LogP contribution is -2.22. The van der Waals surface area contributed by atoms with Gasteiger partial charge in [0.1, 0.15) is 4.83 Å². The first kappa shape index (κ1) is 18.7. The summed E-state index contributed by atoms with van der Waals surface area (Å²) in [5.41, 5.74) is 0.985. The van der Waals surface area contributed by atoms with E-state index in [4.69, 9.17) is 4.74 Å². The third-order valence-corrected chi connectivity index (χ3v) is 5.79. The molecule has 0 amide bonds. The molecule has 5 nitrogen and oxygen atoms in total. The van der Waals surface area contributed by atoms with Crippen LogP contribution in [0.4, 0.5) is 0 Å². The highest BCUT2D eigenvalue weighted by Gasteiger charge is 2.16. The minimum absolute atomic E-state index is 0.0188. The molecule has 0 saturated heterocycles. The summed E-state index contributed by atoms with van der Waals surface area (Å²) in [4.78, 5) is 30.7. The summed E-state index contributed by atoms with van der Waals surface area (Å²) >= 11 is 3.04. The van der Waals surface area contributed by atoms with Crippen LogP contribution in [0.15, 0.2) is 22.6 Å². The number of allylic oxidation sites excluding steroid dienone is 1. The van der Waals surface area contributed by atoms with Crippen LogP contribution in [-0.2, 0) is 16.1 Å². The fourth-order valence-corrected chi connectivity index (χ4v) is 4.34. The first-order chi connectivity index (χ1) is 11.5. The molecule has 0 radical (unpaired) electrons. The molecule has 0 aromatic carbocycles. The van der Waals surface area contributed by atoms with Gasteiger partial charge in [0.05, 0.1) is 12.0 Å². The standard InChI is InChI=1S/C17H22N2O3S2/c1-5-9-19-16(21)14-11(3)12(4)24-15(14)18-17(19)23-10-7-8-13(20)22-6-2/h5H,1,6-10H2,2-4H3. The number of hydrogen-bond donors (Lipinski definition) is 0. The molecule has 0 unspecified atom stereocenters. The van der Waals surface area contributed by atoms with Gasteiger partial charge in [0, 0.05) is 23.6 Å². The summed E-state index contributed by atoms with van der Waals surface area (Å²) < 4.78 is 6.57. The van der Waals surface area contributed by atoms with Gasteiger partial charge in [0.2, 0.25) is 0 Å². The predicted octanol–water partition coefficient (Wildman–Crippen LogP) is 3.70. The van der Waals surface area contributed by atoms with Gasteiger partial charge in [-0.3, -0.25) is 14.2 Å². The van der Waals surface area contributed by atoms with Crippen molar-refractivity contribution < 1.29 is 9.53 Å². The Morgan fingerprint density at radius 2 is 2.21 bits per heavy atom. The van der Waals surface area contributed by atoms with Gasteiger partial charge < -0.3 is 4.74 Å². The Labute approximate surface area is 149 Å². The third kappa shape index (κ3) is 4.08. The molecule has 2 rings (SSSR count). The molecule has 2 aromatic heterocycles. The van der Waals surface area contributed by atoms with Crippen molar-refractivity contribution in [3.63, 3.8) is 0 Å². The zero-order chi connectivity index (χ0) is 17.7. The predicted molar refractivity (Wildman–Crippen MR) is 100 cm³/mol. The van der Waals surface area contributed by atoms with Gasteiger partial charge in [-0.15, -0.1) is 17.9 Å². The number of rotatable bonds is 8. The molecule has 24 heavy (non-hydrogen) atoms. The minimum atomic E-state index is -0.186. The minimum Gasteiger partial charge on any atom is -0.466 e. The van der Waals surface area contributed by atoms with Gasteiger partial charge in [0.15, 0.2) is 5.16 Å². The number of thiophene rings is 1. The molecule has 0 fully saturated rings. The fourth-order valence-electron chi connectivity index (χ4n) is 2.32. The van der Waals surface area contributed by atoms with Crippen molar-refractivity contribution in [2.24, 2.45) is 0 Å². The summed E-state index contributed by atoms with van der Waals surface area (Å²) in [6.07, 6.45) is 2.77. The molecule has 2 heterocycles. The quantitative estimate of drug-likeness (QED) is 0.234. The number of ether oxygens (including phenoxy) is 1. The average molecular weight is 367 g/mol. The maximum Gasteiger partial charge on any atom is 0.305 e. The van der Waals surface area contributed by atoms with Gasteiger partial charge >= 0.3 is 5.97 Å². The molecule has 0 bridgehead atoms. The van der Waals surface area contributed by atoms with Crippen LogP contribution in [-0.4, -0.2) is 27.9 Å². The molecular weight excluding hydrogens is 344 g/mol. The van der Waals surface area contributed by atoms with Crippen molar-refractivity contribution >= 4 is 39.3 Å². The van der Waals surface area contributed by atoms with E-state index in [-0.39, 0.29) is 11.5 Å². The Morgan fingerprint density at radius 3 is 2.88 bits per heavy atom. The van der Waals surface area contributed by atoms with Crippen molar-refractivity contribution in [2.45, 2.75) is 45.3 Å². The van der Waals surface area contributed by atoms with E-state index in [2.05, 4.69) is 11.6 Å². The van der Waals surface area contributed by atoms with Crippen LogP contribution in [0.5, 0.6) is 0 Å². The summed E-state index contributed by atoms with van der Waals surface area (Å²) in [5.74, 6) is 0.520. The van der Waals surface area contributed by atoms with Crippen molar-refractivity contribution in [1.29, 1.82) is 0 Å². The van der Waals surface area contributed by atoms with Crippen LogP contribution in [0, 0.1) is 13.8 Å². The Kier molecular flexibility index (Phi) is 6.62. The fraction of sp³-hybridized carbons (Fsp3) is 0.471. The summed E-state index contributed by atoms with van der Waals surface area (Å²) in [6, 6.07) is 0. The van der Waals surface area contributed by atoms with E-state index in [1.54, 1.807) is 28.9 Å². The molecule has 0 spiro atoms. The largest absolute Gasteiger partial charge is 0.466 e. The number of thioether (sulfide) groups is 1. The third-order valence-electron chi connectivity index (χ3n) is 3.63. The van der Waals surface area contributed by atoms with Crippen LogP contribution >= 0.6 is 23.1 Å². The maximum absolute atomic E-state index is 12.8. The van der Waals surface area contributed by atoms with Crippen LogP contribution in [0.25, 0.3) is 10.2 Å². The lowest BCUT2D eigenvalue weighted by Gasteiger charge is -2.10. The average Bonchev–Trinajstić information content (AvgIpc) is 2.82. The van der Waals surface area contributed by atoms with E-state index in [0.29, 0.717) is 42.3 Å². The van der Waals surface area contributed by atoms with Gasteiger partial charge in [-0.25, -0.2) is 4.98 Å². The van der Waals surface area contributed by atoms with Crippen LogP contribution in [0.3, 0.4) is 0 Å². The van der Waals surface area contributed by atoms with Gasteiger partial charge in [-0.05, 0) is 32.8 Å². The van der Waals surface area contributed by atoms with Crippen LogP contribution < -0.4 is 5.56 Å². The molecule has 0 aliphatic rings. The second-order valence-electron chi connectivity index (χ2n) is 5.32. The lowest BCUT2D eigenvalue weighted by atomic mass is 10.2. The lowest BCUT2D eigenvalue weighted by molar-refractivity contribution is -0.143. The Bertz CT molecular complexity index is 808. The van der Waals surface area contributed by atoms with E-state index < -0.39 is 0 Å². The van der Waals surface area contributed by atoms with Crippen LogP contribution in [0.1, 0.15) is 30.2 Å². The van der Waals surface area contributed by atoms with E-state index in [9.17, 15) is 9.59 Å². The van der Waals surface area contributed by atoms with E-state index in [0.717, 1.165) is 15.3 Å². The molecule has 130 valence electrons. The monoisotopic (exact) mass is 366 g/mol. The van der Waals surface area contributed by atoms with Gasteiger partial charge in [-0.2, -0.15) is 0 Å². The molecule has 0 aliphatic heterocycles. The zero-order valence-corrected chi connectivity index (χ0v) is 15.9. The molecule has 2 aromatic rings. The second-order valence-corrected chi connectivity index (χ2v) is 7.58. The molecule has 0 saturated carbocycles. The Balaban J connectivity index is 2.22. The van der Waals surface area contributed by atoms with Crippen molar-refractivity contribution in [3.05, 3.63) is 33.4 Å². The maximum atomic E-state index is 12.8. The molecule has 0 aliphatic carbocycles. The first-order valence-corrected chi connectivity index (χ1v) is 9.69. The van der Waals surface area contributed by atoms with Gasteiger partial charge in [-0.1, -0.05) is 17.8 Å². The molecule has 0 atom stereocenters. The number of carbonyl (C=O) groups is 1. The first-order valence-electron chi connectivity index (χ1n) is 7.89. The summed E-state index contributed by atoms with van der Waals surface area (Å²) in [7, 11) is 0. The van der Waals surface area contributed by atoms with E-state index in [1.807, 2.05) is 13.8 Å².